The first-order valence-corrected chi connectivity index (χ1v) is 10.7. The molecular weight excluding hydrogens is 448 g/mol. The molecule has 0 aliphatic heterocycles. The number of nitrogens with one attached hydrogen (secondary N) is 2. The van der Waals surface area contributed by atoms with E-state index < -0.39 is 5.91 Å². The zero-order valence-corrected chi connectivity index (χ0v) is 18.8. The predicted octanol–water partition coefficient (Wildman–Crippen LogP) is 5.69. The Morgan fingerprint density at radius 2 is 1.78 bits per heavy atom. The van der Waals surface area contributed by atoms with E-state index in [1.807, 2.05) is 25.1 Å². The Bertz CT molecular complexity index is 1120. The number of carbonyl (C=O) groups is 2. The number of furan rings is 1. The number of amides is 1. The quantitative estimate of drug-likeness (QED) is 0.263. The molecule has 0 radical (unpaired) electrons. The number of esters is 1. The Balaban J connectivity index is 1.50. The minimum Gasteiger partial charge on any atom is -0.462 e. The molecule has 0 unspecified atom stereocenters. The van der Waals surface area contributed by atoms with Crippen LogP contribution in [0.2, 0.25) is 5.02 Å². The molecule has 164 valence electrons. The Labute approximate surface area is 196 Å². The van der Waals surface area contributed by atoms with Gasteiger partial charge in [0.2, 0.25) is 5.91 Å². The van der Waals surface area contributed by atoms with Gasteiger partial charge in [-0.05, 0) is 85.4 Å². The van der Waals surface area contributed by atoms with Crippen LogP contribution in [0.15, 0.2) is 71.2 Å². The molecule has 2 N–H and O–H groups in total. The van der Waals surface area contributed by atoms with Gasteiger partial charge in [-0.1, -0.05) is 18.5 Å². The van der Waals surface area contributed by atoms with Crippen molar-refractivity contribution in [2.45, 2.75) is 13.3 Å². The third-order valence-electron chi connectivity index (χ3n) is 4.21. The number of hydrogen-bond acceptors (Lipinski definition) is 5. The number of thiocarbonyl (C=S) groups is 1. The zero-order valence-electron chi connectivity index (χ0n) is 17.3. The van der Waals surface area contributed by atoms with E-state index in [1.54, 1.807) is 48.5 Å². The standard InChI is InChI=1S/C24H21ClN2O4S/c1-2-15-30-23(29)17-5-9-19(10-6-17)26-24(32)27-22(28)14-12-20-11-13-21(31-20)16-3-7-18(25)8-4-16/h3-14H,2,15H2,1H3,(H2,26,27,28,32). The summed E-state index contributed by atoms with van der Waals surface area (Å²) in [6, 6.07) is 17.4. The molecule has 0 spiro atoms. The first-order valence-electron chi connectivity index (χ1n) is 9.87. The van der Waals surface area contributed by atoms with Crippen LogP contribution in [-0.2, 0) is 9.53 Å². The minimum atomic E-state index is -0.410. The van der Waals surface area contributed by atoms with E-state index in [9.17, 15) is 9.59 Å². The molecule has 2 aromatic carbocycles. The van der Waals surface area contributed by atoms with Crippen molar-refractivity contribution in [2.24, 2.45) is 0 Å². The largest absolute Gasteiger partial charge is 0.462 e. The second-order valence-electron chi connectivity index (χ2n) is 6.70. The first kappa shape index (κ1) is 23.2. The molecule has 0 bridgehead atoms. The van der Waals surface area contributed by atoms with Gasteiger partial charge in [-0.2, -0.15) is 0 Å². The average Bonchev–Trinajstić information content (AvgIpc) is 3.26. The van der Waals surface area contributed by atoms with Gasteiger partial charge in [0.15, 0.2) is 5.11 Å². The number of benzene rings is 2. The Morgan fingerprint density at radius 1 is 1.06 bits per heavy atom. The number of rotatable bonds is 7. The highest BCUT2D eigenvalue weighted by Gasteiger charge is 2.08. The SMILES string of the molecule is CCCOC(=O)c1ccc(NC(=S)NC(=O)C=Cc2ccc(-c3ccc(Cl)cc3)o2)cc1. The third kappa shape index (κ3) is 6.80. The Hall–Kier alpha value is -3.42. The van der Waals surface area contributed by atoms with Crippen LogP contribution < -0.4 is 10.6 Å². The fourth-order valence-corrected chi connectivity index (χ4v) is 3.00. The van der Waals surface area contributed by atoms with E-state index in [0.717, 1.165) is 12.0 Å². The molecule has 0 fully saturated rings. The van der Waals surface area contributed by atoms with Crippen LogP contribution in [0.4, 0.5) is 5.69 Å². The van der Waals surface area contributed by atoms with E-state index in [-0.39, 0.29) is 11.1 Å². The molecule has 0 atom stereocenters. The molecule has 1 amide bonds. The molecule has 0 aliphatic carbocycles. The van der Waals surface area contributed by atoms with Gasteiger partial charge in [-0.15, -0.1) is 0 Å². The lowest BCUT2D eigenvalue weighted by atomic mass is 10.2. The van der Waals surface area contributed by atoms with E-state index in [2.05, 4.69) is 10.6 Å². The van der Waals surface area contributed by atoms with E-state index in [4.69, 9.17) is 33.0 Å². The fraction of sp³-hybridized carbons (Fsp3) is 0.125. The first-order chi connectivity index (χ1) is 15.4. The van der Waals surface area contributed by atoms with E-state index in [0.29, 0.717) is 34.4 Å². The summed E-state index contributed by atoms with van der Waals surface area (Å²) in [4.78, 5) is 24.0. The van der Waals surface area contributed by atoms with Crippen molar-refractivity contribution in [2.75, 3.05) is 11.9 Å². The summed E-state index contributed by atoms with van der Waals surface area (Å²) >= 11 is 11.1. The van der Waals surface area contributed by atoms with Gasteiger partial charge in [0.25, 0.3) is 0 Å². The summed E-state index contributed by atoms with van der Waals surface area (Å²) in [6.07, 6.45) is 3.64. The van der Waals surface area contributed by atoms with Gasteiger partial charge in [0.1, 0.15) is 11.5 Å². The van der Waals surface area contributed by atoms with Gasteiger partial charge >= 0.3 is 5.97 Å². The number of hydrogen-bond donors (Lipinski definition) is 2. The summed E-state index contributed by atoms with van der Waals surface area (Å²) in [5, 5.41) is 6.22. The molecule has 3 aromatic rings. The highest BCUT2D eigenvalue weighted by molar-refractivity contribution is 7.80. The Morgan fingerprint density at radius 3 is 2.47 bits per heavy atom. The van der Waals surface area contributed by atoms with Gasteiger partial charge in [-0.25, -0.2) is 4.79 Å². The van der Waals surface area contributed by atoms with Gasteiger partial charge in [0, 0.05) is 22.3 Å². The predicted molar refractivity (Wildman–Crippen MR) is 130 cm³/mol. The van der Waals surface area contributed by atoms with Crippen molar-refractivity contribution in [3.05, 3.63) is 83.1 Å². The lowest BCUT2D eigenvalue weighted by molar-refractivity contribution is -0.115. The van der Waals surface area contributed by atoms with Crippen molar-refractivity contribution >= 4 is 52.6 Å². The second kappa shape index (κ2) is 11.3. The smallest absolute Gasteiger partial charge is 0.338 e. The normalized spacial score (nSPS) is 10.7. The zero-order chi connectivity index (χ0) is 22.9. The molecule has 1 aromatic heterocycles. The third-order valence-corrected chi connectivity index (χ3v) is 4.66. The van der Waals surface area contributed by atoms with Crippen molar-refractivity contribution < 1.29 is 18.7 Å². The molecule has 8 heteroatoms. The van der Waals surface area contributed by atoms with E-state index in [1.165, 1.54) is 6.08 Å². The van der Waals surface area contributed by atoms with E-state index >= 15 is 0 Å². The van der Waals surface area contributed by atoms with Crippen LogP contribution in [0.5, 0.6) is 0 Å². The topological polar surface area (TPSA) is 80.6 Å². The van der Waals surface area contributed by atoms with Crippen LogP contribution >= 0.6 is 23.8 Å². The van der Waals surface area contributed by atoms with Gasteiger partial charge in [0.05, 0.1) is 12.2 Å². The Kier molecular flexibility index (Phi) is 8.19. The molecule has 3 rings (SSSR count). The molecule has 0 saturated carbocycles. The maximum absolute atomic E-state index is 12.1. The molecule has 0 saturated heterocycles. The molecule has 6 nitrogen and oxygen atoms in total. The van der Waals surface area contributed by atoms with Crippen LogP contribution in [0, 0.1) is 0 Å². The van der Waals surface area contributed by atoms with Crippen LogP contribution in [0.25, 0.3) is 17.4 Å². The highest BCUT2D eigenvalue weighted by Crippen LogP contribution is 2.24. The van der Waals surface area contributed by atoms with Crippen LogP contribution in [-0.4, -0.2) is 23.6 Å². The number of ether oxygens (including phenoxy) is 1. The lowest BCUT2D eigenvalue weighted by Gasteiger charge is -2.09. The van der Waals surface area contributed by atoms with Crippen molar-refractivity contribution in [1.29, 1.82) is 0 Å². The summed E-state index contributed by atoms with van der Waals surface area (Å²) < 4.78 is 10.8. The summed E-state index contributed by atoms with van der Waals surface area (Å²) in [5.41, 5.74) is 1.96. The van der Waals surface area contributed by atoms with Crippen molar-refractivity contribution in [3.8, 4) is 11.3 Å². The van der Waals surface area contributed by atoms with Crippen molar-refractivity contribution in [3.63, 3.8) is 0 Å². The molecule has 0 aliphatic rings. The number of carbonyl (C=O) groups excluding carboxylic acids is 2. The summed E-state index contributed by atoms with van der Waals surface area (Å²) in [7, 11) is 0. The maximum atomic E-state index is 12.1. The minimum absolute atomic E-state index is 0.127. The van der Waals surface area contributed by atoms with Crippen molar-refractivity contribution in [1.82, 2.24) is 5.32 Å². The van der Waals surface area contributed by atoms with Crippen LogP contribution in [0.3, 0.4) is 0 Å². The second-order valence-corrected chi connectivity index (χ2v) is 7.54. The lowest BCUT2D eigenvalue weighted by Crippen LogP contribution is -2.32. The maximum Gasteiger partial charge on any atom is 0.338 e. The monoisotopic (exact) mass is 468 g/mol. The molecule has 1 heterocycles. The number of halogens is 1. The fourth-order valence-electron chi connectivity index (χ4n) is 2.65. The molecule has 32 heavy (non-hydrogen) atoms. The number of anilines is 1. The van der Waals surface area contributed by atoms with Crippen LogP contribution in [0.1, 0.15) is 29.5 Å². The highest BCUT2D eigenvalue weighted by atomic mass is 35.5. The average molecular weight is 469 g/mol. The molecular formula is C24H21ClN2O4S. The van der Waals surface area contributed by atoms with Gasteiger partial charge < -0.3 is 14.5 Å². The van der Waals surface area contributed by atoms with Gasteiger partial charge in [-0.3, -0.25) is 10.1 Å². The summed E-state index contributed by atoms with van der Waals surface area (Å²) in [6.45, 7) is 2.31. The summed E-state index contributed by atoms with van der Waals surface area (Å²) in [5.74, 6) is 0.402.